The molecular weight excluding hydrogens is 542 g/mol. The number of fused-ring (bicyclic) bond motifs is 1. The van der Waals surface area contributed by atoms with Gasteiger partial charge in [0.05, 0.1) is 36.8 Å². The SMILES string of the molecule is O=C(c1ccc2c(c1)OCO2)N(Cc1cnc(S(=O)(=O)Cc2ccccc2)n1Cc1ccccc1)C[C@H]1CCCO1. The summed E-state index contributed by atoms with van der Waals surface area (Å²) < 4.78 is 45.8. The number of carbonyl (C=O) groups excluding carboxylic acids is 1. The molecule has 2 aliphatic heterocycles. The lowest BCUT2D eigenvalue weighted by Gasteiger charge is -2.26. The number of sulfone groups is 1. The molecule has 1 amide bonds. The molecule has 1 atom stereocenters. The predicted molar refractivity (Wildman–Crippen MR) is 151 cm³/mol. The van der Waals surface area contributed by atoms with Crippen LogP contribution >= 0.6 is 0 Å². The van der Waals surface area contributed by atoms with Crippen LogP contribution in [-0.2, 0) is 33.4 Å². The number of benzene rings is 3. The van der Waals surface area contributed by atoms with E-state index in [1.54, 1.807) is 46.0 Å². The standard InChI is InChI=1S/C31H31N3O6S/c35-30(25-13-14-28-29(16-25)40-22-39-28)33(20-27-12-7-15-38-27)19-26-17-32-31(34(26)18-23-8-3-1-4-9-23)41(36,37)21-24-10-5-2-6-11-24/h1-6,8-11,13-14,16-17,27H,7,12,15,18-22H2/t27-/m1/s1. The third-order valence-corrected chi connectivity index (χ3v) is 8.87. The van der Waals surface area contributed by atoms with Gasteiger partial charge in [0.2, 0.25) is 21.8 Å². The Labute approximate surface area is 239 Å². The number of imidazole rings is 1. The van der Waals surface area contributed by atoms with E-state index in [0.717, 1.165) is 18.4 Å². The molecule has 1 fully saturated rings. The van der Waals surface area contributed by atoms with E-state index in [0.29, 0.717) is 48.0 Å². The highest BCUT2D eigenvalue weighted by atomic mass is 32.2. The molecule has 10 heteroatoms. The number of aromatic nitrogens is 2. The van der Waals surface area contributed by atoms with Crippen molar-refractivity contribution in [3.05, 3.63) is 107 Å². The van der Waals surface area contributed by atoms with Crippen molar-refractivity contribution in [3.63, 3.8) is 0 Å². The van der Waals surface area contributed by atoms with Gasteiger partial charge in [0.15, 0.2) is 11.5 Å². The Bertz CT molecular complexity index is 1620. The summed E-state index contributed by atoms with van der Waals surface area (Å²) in [5.74, 6) is 0.743. The molecule has 0 N–H and O–H groups in total. The molecule has 0 aliphatic carbocycles. The third-order valence-electron chi connectivity index (χ3n) is 7.27. The fourth-order valence-corrected chi connectivity index (χ4v) is 6.71. The van der Waals surface area contributed by atoms with Crippen LogP contribution in [-0.4, -0.2) is 54.8 Å². The molecular formula is C31H31N3O6S. The maximum atomic E-state index is 13.9. The van der Waals surface area contributed by atoms with Gasteiger partial charge in [-0.25, -0.2) is 13.4 Å². The van der Waals surface area contributed by atoms with Crippen LogP contribution in [0.5, 0.6) is 11.5 Å². The van der Waals surface area contributed by atoms with E-state index in [9.17, 15) is 13.2 Å². The number of nitrogens with zero attached hydrogens (tertiary/aromatic N) is 3. The number of ether oxygens (including phenoxy) is 3. The van der Waals surface area contributed by atoms with Gasteiger partial charge < -0.3 is 23.7 Å². The molecule has 3 aromatic carbocycles. The van der Waals surface area contributed by atoms with Gasteiger partial charge >= 0.3 is 0 Å². The van der Waals surface area contributed by atoms with Crippen molar-refractivity contribution in [3.8, 4) is 11.5 Å². The van der Waals surface area contributed by atoms with Gasteiger partial charge in [-0.05, 0) is 42.2 Å². The maximum Gasteiger partial charge on any atom is 0.254 e. The lowest BCUT2D eigenvalue weighted by atomic mass is 10.1. The molecule has 4 aromatic rings. The van der Waals surface area contributed by atoms with Gasteiger partial charge in [-0.15, -0.1) is 0 Å². The van der Waals surface area contributed by atoms with Gasteiger partial charge in [0, 0.05) is 18.7 Å². The highest BCUT2D eigenvalue weighted by molar-refractivity contribution is 7.90. The van der Waals surface area contributed by atoms with E-state index in [2.05, 4.69) is 4.98 Å². The number of hydrogen-bond donors (Lipinski definition) is 0. The largest absolute Gasteiger partial charge is 0.454 e. The van der Waals surface area contributed by atoms with E-state index in [4.69, 9.17) is 14.2 Å². The summed E-state index contributed by atoms with van der Waals surface area (Å²) in [7, 11) is -3.79. The Kier molecular flexibility index (Phi) is 7.76. The summed E-state index contributed by atoms with van der Waals surface area (Å²) in [6, 6.07) is 23.8. The second-order valence-electron chi connectivity index (χ2n) is 10.2. The molecule has 9 nitrogen and oxygen atoms in total. The van der Waals surface area contributed by atoms with E-state index < -0.39 is 9.84 Å². The Balaban J connectivity index is 1.35. The van der Waals surface area contributed by atoms with Gasteiger partial charge in [0.1, 0.15) is 0 Å². The first-order valence-electron chi connectivity index (χ1n) is 13.6. The lowest BCUT2D eigenvalue weighted by molar-refractivity contribution is 0.0501. The number of amides is 1. The minimum atomic E-state index is -3.79. The van der Waals surface area contributed by atoms with Crippen molar-refractivity contribution in [2.75, 3.05) is 19.9 Å². The maximum absolute atomic E-state index is 13.9. The van der Waals surface area contributed by atoms with Crippen molar-refractivity contribution in [1.82, 2.24) is 14.5 Å². The van der Waals surface area contributed by atoms with Crippen LogP contribution in [0.15, 0.2) is 90.2 Å². The number of carbonyl (C=O) groups is 1. The Morgan fingerprint density at radius 1 is 0.951 bits per heavy atom. The molecule has 6 rings (SSSR count). The van der Waals surface area contributed by atoms with E-state index in [1.165, 1.54) is 0 Å². The molecule has 3 heterocycles. The zero-order valence-electron chi connectivity index (χ0n) is 22.5. The summed E-state index contributed by atoms with van der Waals surface area (Å²) in [4.78, 5) is 20.0. The fraction of sp³-hybridized carbons (Fsp3) is 0.290. The van der Waals surface area contributed by atoms with Crippen molar-refractivity contribution in [2.24, 2.45) is 0 Å². The van der Waals surface area contributed by atoms with Crippen LogP contribution < -0.4 is 9.47 Å². The first-order chi connectivity index (χ1) is 20.0. The van der Waals surface area contributed by atoms with Crippen molar-refractivity contribution < 1.29 is 27.4 Å². The smallest absolute Gasteiger partial charge is 0.254 e. The van der Waals surface area contributed by atoms with Crippen LogP contribution in [0, 0.1) is 0 Å². The molecule has 0 saturated carbocycles. The van der Waals surface area contributed by atoms with E-state index in [-0.39, 0.29) is 36.3 Å². The zero-order chi connectivity index (χ0) is 28.2. The molecule has 0 unspecified atom stereocenters. The predicted octanol–water partition coefficient (Wildman–Crippen LogP) is 4.46. The second-order valence-corrected chi connectivity index (χ2v) is 12.1. The third kappa shape index (κ3) is 6.13. The van der Waals surface area contributed by atoms with Crippen molar-refractivity contribution >= 4 is 15.7 Å². The van der Waals surface area contributed by atoms with Crippen molar-refractivity contribution in [2.45, 2.75) is 42.9 Å². The van der Waals surface area contributed by atoms with Crippen LogP contribution in [0.3, 0.4) is 0 Å². The Morgan fingerprint density at radius 2 is 1.68 bits per heavy atom. The van der Waals surface area contributed by atoms with E-state index >= 15 is 0 Å². The second kappa shape index (κ2) is 11.8. The summed E-state index contributed by atoms with van der Waals surface area (Å²) in [5.41, 5.74) is 2.68. The summed E-state index contributed by atoms with van der Waals surface area (Å²) in [6.45, 7) is 1.60. The number of hydrogen-bond acceptors (Lipinski definition) is 7. The summed E-state index contributed by atoms with van der Waals surface area (Å²) in [6.07, 6.45) is 3.26. The molecule has 41 heavy (non-hydrogen) atoms. The minimum Gasteiger partial charge on any atom is -0.454 e. The van der Waals surface area contributed by atoms with Crippen LogP contribution in [0.1, 0.15) is 40.0 Å². The molecule has 2 aliphatic rings. The molecule has 0 radical (unpaired) electrons. The Morgan fingerprint density at radius 3 is 2.41 bits per heavy atom. The molecule has 212 valence electrons. The van der Waals surface area contributed by atoms with Crippen molar-refractivity contribution in [1.29, 1.82) is 0 Å². The number of rotatable bonds is 10. The highest BCUT2D eigenvalue weighted by Crippen LogP contribution is 2.33. The van der Waals surface area contributed by atoms with Crippen LogP contribution in [0.25, 0.3) is 0 Å². The monoisotopic (exact) mass is 573 g/mol. The molecule has 0 spiro atoms. The highest BCUT2D eigenvalue weighted by Gasteiger charge is 2.29. The quantitative estimate of drug-likeness (QED) is 0.276. The van der Waals surface area contributed by atoms with Crippen LogP contribution in [0.4, 0.5) is 0 Å². The van der Waals surface area contributed by atoms with Gasteiger partial charge in [-0.2, -0.15) is 0 Å². The Hall–Kier alpha value is -4.15. The van der Waals surface area contributed by atoms with Gasteiger partial charge in [0.25, 0.3) is 5.91 Å². The molecule has 1 saturated heterocycles. The van der Waals surface area contributed by atoms with Crippen LogP contribution in [0.2, 0.25) is 0 Å². The lowest BCUT2D eigenvalue weighted by Crippen LogP contribution is -2.37. The van der Waals surface area contributed by atoms with Gasteiger partial charge in [-0.1, -0.05) is 60.7 Å². The average molecular weight is 574 g/mol. The minimum absolute atomic E-state index is 0.0206. The summed E-state index contributed by atoms with van der Waals surface area (Å²) in [5, 5.41) is -0.0206. The fourth-order valence-electron chi connectivity index (χ4n) is 5.22. The van der Waals surface area contributed by atoms with E-state index in [1.807, 2.05) is 48.5 Å². The van der Waals surface area contributed by atoms with Gasteiger partial charge in [-0.3, -0.25) is 4.79 Å². The average Bonchev–Trinajstić information content (AvgIpc) is 3.75. The zero-order valence-corrected chi connectivity index (χ0v) is 23.3. The summed E-state index contributed by atoms with van der Waals surface area (Å²) >= 11 is 0. The topological polar surface area (TPSA) is 100.0 Å². The normalized spacial score (nSPS) is 16.1. The first kappa shape index (κ1) is 27.0. The first-order valence-corrected chi connectivity index (χ1v) is 15.3. The molecule has 1 aromatic heterocycles. The molecule has 0 bridgehead atoms.